The van der Waals surface area contributed by atoms with Crippen LogP contribution in [0.5, 0.6) is 0 Å². The van der Waals surface area contributed by atoms with E-state index in [2.05, 4.69) is 16.0 Å². The van der Waals surface area contributed by atoms with Gasteiger partial charge in [-0.3, -0.25) is 9.59 Å². The van der Waals surface area contributed by atoms with Gasteiger partial charge in [-0.1, -0.05) is 32.1 Å². The number of nitrogens with one attached hydrogen (secondary N) is 3. The number of nitrogens with zero attached hydrogens (tertiary/aromatic N) is 1. The Labute approximate surface area is 261 Å². The van der Waals surface area contributed by atoms with Crippen LogP contribution in [0, 0.1) is 5.92 Å². The monoisotopic (exact) mass is 626 g/mol. The number of carbonyl (C=O) groups excluding carboxylic acids is 4. The van der Waals surface area contributed by atoms with Crippen molar-refractivity contribution in [3.63, 3.8) is 0 Å². The van der Waals surface area contributed by atoms with E-state index in [1.165, 1.54) is 4.90 Å². The number of rotatable bonds is 13. The van der Waals surface area contributed by atoms with Gasteiger partial charge in [0.05, 0.1) is 6.04 Å². The van der Waals surface area contributed by atoms with Crippen LogP contribution in [0.25, 0.3) is 0 Å². The number of aliphatic hydroxyl groups is 1. The number of hydrogen-bond donors (Lipinski definition) is 5. The molecule has 5 N–H and O–H groups in total. The van der Waals surface area contributed by atoms with E-state index in [9.17, 15) is 34.2 Å². The first kappa shape index (κ1) is 37.1. The maximum atomic E-state index is 13.8. The lowest BCUT2D eigenvalue weighted by atomic mass is 9.84. The van der Waals surface area contributed by atoms with Crippen molar-refractivity contribution >= 4 is 30.0 Å². The van der Waals surface area contributed by atoms with Crippen LogP contribution in [0.1, 0.15) is 112 Å². The number of carboxylic acid groups (broad SMARTS) is 1. The molecule has 1 heterocycles. The van der Waals surface area contributed by atoms with E-state index in [4.69, 9.17) is 9.47 Å². The molecule has 1 saturated carbocycles. The number of amides is 4. The number of unbranched alkanes of at least 4 members (excludes halogenated alkanes) is 1. The molecule has 1 aliphatic carbocycles. The third kappa shape index (κ3) is 13.3. The van der Waals surface area contributed by atoms with Gasteiger partial charge in [-0.25, -0.2) is 14.4 Å². The zero-order chi connectivity index (χ0) is 33.1. The highest BCUT2D eigenvalue weighted by Gasteiger charge is 2.40. The largest absolute Gasteiger partial charge is 0.479 e. The lowest BCUT2D eigenvalue weighted by Gasteiger charge is -2.33. The molecule has 1 aliphatic heterocycles. The van der Waals surface area contributed by atoms with Crippen molar-refractivity contribution in [3.8, 4) is 0 Å². The minimum atomic E-state index is -1.85. The van der Waals surface area contributed by atoms with Crippen LogP contribution < -0.4 is 16.0 Å². The predicted molar refractivity (Wildman–Crippen MR) is 163 cm³/mol. The van der Waals surface area contributed by atoms with E-state index in [0.29, 0.717) is 38.6 Å². The molecule has 2 aliphatic rings. The Bertz CT molecular complexity index is 986. The van der Waals surface area contributed by atoms with Crippen molar-refractivity contribution < 1.29 is 43.7 Å². The van der Waals surface area contributed by atoms with Crippen LogP contribution in [0.15, 0.2) is 0 Å². The molecule has 1 unspecified atom stereocenters. The van der Waals surface area contributed by atoms with Gasteiger partial charge in [-0.15, -0.1) is 0 Å². The standard InChI is InChI=1S/C31H54N4O9/c1-30(2,3)43-28(41)32-17-11-10-15-21(24(36)27(39)40)33-25(37)23-16-12-18-35(23)26(38)22(19-20-13-8-7-9-14-20)34-29(42)44-31(4,5)6/h20-24,36H,7-19H2,1-6H3,(H,32,41)(H,33,37)(H,34,42)(H,39,40)/t21-,22+,23-,24?/m0/s1. The van der Waals surface area contributed by atoms with Crippen LogP contribution in [0.2, 0.25) is 0 Å². The first-order valence-electron chi connectivity index (χ1n) is 15.9. The van der Waals surface area contributed by atoms with Crippen molar-refractivity contribution in [1.29, 1.82) is 0 Å². The Hall–Kier alpha value is -3.09. The van der Waals surface area contributed by atoms with Crippen molar-refractivity contribution in [2.45, 2.75) is 148 Å². The number of carboxylic acids is 1. The second-order valence-electron chi connectivity index (χ2n) is 14.0. The summed E-state index contributed by atoms with van der Waals surface area (Å²) in [4.78, 5) is 64.9. The zero-order valence-electron chi connectivity index (χ0n) is 27.3. The second-order valence-corrected chi connectivity index (χ2v) is 14.0. The summed E-state index contributed by atoms with van der Waals surface area (Å²) in [7, 11) is 0. The van der Waals surface area contributed by atoms with Gasteiger partial charge in [0.15, 0.2) is 6.10 Å². The lowest BCUT2D eigenvalue weighted by molar-refractivity contribution is -0.149. The minimum Gasteiger partial charge on any atom is -0.479 e. The molecular formula is C31H54N4O9. The topological polar surface area (TPSA) is 184 Å². The Morgan fingerprint density at radius 3 is 2.05 bits per heavy atom. The van der Waals surface area contributed by atoms with Crippen LogP contribution in [-0.4, -0.2) is 93.6 Å². The van der Waals surface area contributed by atoms with Crippen LogP contribution in [0.3, 0.4) is 0 Å². The predicted octanol–water partition coefficient (Wildman–Crippen LogP) is 3.47. The number of carbonyl (C=O) groups is 5. The lowest BCUT2D eigenvalue weighted by Crippen LogP contribution is -2.57. The van der Waals surface area contributed by atoms with E-state index >= 15 is 0 Å². The van der Waals surface area contributed by atoms with Crippen molar-refractivity contribution in [2.24, 2.45) is 5.92 Å². The summed E-state index contributed by atoms with van der Waals surface area (Å²) in [5.74, 6) is -2.14. The SMILES string of the molecule is CC(C)(C)OC(=O)NCCCC[C@H](NC(=O)[C@@H]1CCCN1C(=O)[C@@H](CC1CCCCC1)NC(=O)OC(C)(C)C)C(O)C(=O)O. The number of likely N-dealkylation sites (tertiary alicyclic amines) is 1. The zero-order valence-corrected chi connectivity index (χ0v) is 27.3. The van der Waals surface area contributed by atoms with Gasteiger partial charge in [-0.05, 0) is 86.0 Å². The molecule has 1 saturated heterocycles. The summed E-state index contributed by atoms with van der Waals surface area (Å²) in [6.45, 7) is 11.1. The summed E-state index contributed by atoms with van der Waals surface area (Å²) in [6.07, 6.45) is 4.48. The fourth-order valence-electron chi connectivity index (χ4n) is 5.68. The van der Waals surface area contributed by atoms with E-state index in [1.807, 2.05) is 0 Å². The molecule has 4 amide bonds. The Balaban J connectivity index is 2.06. The molecule has 13 nitrogen and oxygen atoms in total. The van der Waals surface area contributed by atoms with Crippen LogP contribution in [-0.2, 0) is 23.9 Å². The van der Waals surface area contributed by atoms with Gasteiger partial charge in [-0.2, -0.15) is 0 Å². The summed E-state index contributed by atoms with van der Waals surface area (Å²) in [5, 5.41) is 27.8. The average Bonchev–Trinajstić information content (AvgIpc) is 3.39. The van der Waals surface area contributed by atoms with Gasteiger partial charge in [0.1, 0.15) is 23.3 Å². The quantitative estimate of drug-likeness (QED) is 0.191. The molecule has 0 aromatic heterocycles. The smallest absolute Gasteiger partial charge is 0.408 e. The molecule has 0 aromatic carbocycles. The highest BCUT2D eigenvalue weighted by Crippen LogP contribution is 2.29. The van der Waals surface area contributed by atoms with Crippen LogP contribution >= 0.6 is 0 Å². The fraction of sp³-hybridized carbons (Fsp3) is 0.839. The van der Waals surface area contributed by atoms with Crippen molar-refractivity contribution in [2.75, 3.05) is 13.1 Å². The van der Waals surface area contributed by atoms with Gasteiger partial charge in [0, 0.05) is 13.1 Å². The summed E-state index contributed by atoms with van der Waals surface area (Å²) in [6, 6.07) is -2.83. The fourth-order valence-corrected chi connectivity index (χ4v) is 5.68. The molecule has 252 valence electrons. The Morgan fingerprint density at radius 1 is 0.841 bits per heavy atom. The summed E-state index contributed by atoms with van der Waals surface area (Å²) >= 11 is 0. The van der Waals surface area contributed by atoms with Crippen molar-refractivity contribution in [1.82, 2.24) is 20.9 Å². The molecule has 13 heteroatoms. The number of hydrogen-bond acceptors (Lipinski definition) is 8. The van der Waals surface area contributed by atoms with E-state index in [-0.39, 0.29) is 24.8 Å². The minimum absolute atomic E-state index is 0.139. The molecule has 4 atom stereocenters. The molecular weight excluding hydrogens is 572 g/mol. The maximum absolute atomic E-state index is 13.8. The van der Waals surface area contributed by atoms with E-state index < -0.39 is 59.5 Å². The first-order chi connectivity index (χ1) is 20.5. The van der Waals surface area contributed by atoms with Crippen LogP contribution in [0.4, 0.5) is 9.59 Å². The first-order valence-corrected chi connectivity index (χ1v) is 15.9. The number of alkyl carbamates (subject to hydrolysis) is 2. The molecule has 44 heavy (non-hydrogen) atoms. The van der Waals surface area contributed by atoms with Crippen molar-refractivity contribution in [3.05, 3.63) is 0 Å². The third-order valence-electron chi connectivity index (χ3n) is 7.69. The van der Waals surface area contributed by atoms with Gasteiger partial charge >= 0.3 is 18.2 Å². The number of aliphatic carboxylic acids is 1. The van der Waals surface area contributed by atoms with E-state index in [0.717, 1.165) is 32.1 Å². The number of aliphatic hydroxyl groups excluding tert-OH is 1. The molecule has 2 fully saturated rings. The second kappa shape index (κ2) is 16.8. The highest BCUT2D eigenvalue weighted by atomic mass is 16.6. The normalized spacial score (nSPS) is 19.8. The third-order valence-corrected chi connectivity index (χ3v) is 7.69. The Morgan fingerprint density at radius 2 is 1.45 bits per heavy atom. The summed E-state index contributed by atoms with van der Waals surface area (Å²) < 4.78 is 10.6. The van der Waals surface area contributed by atoms with Gasteiger partial charge < -0.3 is 40.5 Å². The van der Waals surface area contributed by atoms with Gasteiger partial charge in [0.2, 0.25) is 11.8 Å². The maximum Gasteiger partial charge on any atom is 0.408 e. The molecule has 0 bridgehead atoms. The number of ether oxygens (including phenoxy) is 2. The average molecular weight is 627 g/mol. The van der Waals surface area contributed by atoms with E-state index in [1.54, 1.807) is 41.5 Å². The Kier molecular flexibility index (Phi) is 14.2. The molecule has 0 spiro atoms. The summed E-state index contributed by atoms with van der Waals surface area (Å²) in [5.41, 5.74) is -1.38. The molecule has 2 rings (SSSR count). The molecule has 0 radical (unpaired) electrons. The highest BCUT2D eigenvalue weighted by molar-refractivity contribution is 5.92. The molecule has 0 aromatic rings. The van der Waals surface area contributed by atoms with Gasteiger partial charge in [0.25, 0.3) is 0 Å².